The number of nitrogens with zero attached hydrogens (tertiary/aromatic N) is 2. The second-order valence-corrected chi connectivity index (χ2v) is 5.41. The predicted octanol–water partition coefficient (Wildman–Crippen LogP) is 2.20. The van der Waals surface area contributed by atoms with Gasteiger partial charge in [-0.3, -0.25) is 4.98 Å². The Morgan fingerprint density at radius 1 is 1.11 bits per heavy atom. The molecule has 18 heavy (non-hydrogen) atoms. The highest BCUT2D eigenvalue weighted by Crippen LogP contribution is 2.12. The first kappa shape index (κ1) is 12.4. The Bertz CT molecular complexity index is 647. The molecule has 2 rings (SSSR count). The Morgan fingerprint density at radius 2 is 1.83 bits per heavy atom. The molecule has 0 N–H and O–H groups in total. The maximum atomic E-state index is 11.9. The summed E-state index contributed by atoms with van der Waals surface area (Å²) in [4.78, 5) is 4.16. The summed E-state index contributed by atoms with van der Waals surface area (Å²) in [5, 5.41) is 0. The van der Waals surface area contributed by atoms with Crippen molar-refractivity contribution < 1.29 is 8.42 Å². The first-order valence-corrected chi connectivity index (χ1v) is 6.80. The molecular formula is C13H12N2O2S. The minimum Gasteiger partial charge on any atom is -0.255 e. The fourth-order valence-electron chi connectivity index (χ4n) is 1.35. The van der Waals surface area contributed by atoms with E-state index in [2.05, 4.69) is 9.38 Å². The van der Waals surface area contributed by atoms with Crippen LogP contribution >= 0.6 is 0 Å². The molecular weight excluding hydrogens is 248 g/mol. The van der Waals surface area contributed by atoms with Gasteiger partial charge in [0, 0.05) is 6.20 Å². The number of aryl methyl sites for hydroxylation is 1. The Hall–Kier alpha value is -2.01. The van der Waals surface area contributed by atoms with Gasteiger partial charge in [-0.2, -0.15) is 12.8 Å². The molecule has 0 radical (unpaired) electrons. The van der Waals surface area contributed by atoms with Crippen LogP contribution in [0.2, 0.25) is 0 Å². The molecule has 2 aromatic rings. The molecule has 0 saturated heterocycles. The maximum absolute atomic E-state index is 11.9. The minimum atomic E-state index is -3.65. The quantitative estimate of drug-likeness (QED) is 0.795. The van der Waals surface area contributed by atoms with Gasteiger partial charge in [0.25, 0.3) is 10.0 Å². The summed E-state index contributed by atoms with van der Waals surface area (Å²) in [7, 11) is -3.65. The minimum absolute atomic E-state index is 0.181. The van der Waals surface area contributed by atoms with Crippen LogP contribution in [0.4, 0.5) is 0 Å². The van der Waals surface area contributed by atoms with Gasteiger partial charge in [-0.05, 0) is 31.2 Å². The monoisotopic (exact) mass is 260 g/mol. The van der Waals surface area contributed by atoms with Gasteiger partial charge in [-0.15, -0.1) is 0 Å². The fraction of sp³-hybridized carbons (Fsp3) is 0.0769. The molecule has 1 aromatic heterocycles. The molecule has 1 heterocycles. The van der Waals surface area contributed by atoms with Gasteiger partial charge in [0.2, 0.25) is 0 Å². The standard InChI is InChI=1S/C13H12N2O2S/c1-11-5-7-13(8-6-11)18(16,17)15-10-12-4-2-3-9-14-12/h2-10H,1H3/b15-10-. The summed E-state index contributed by atoms with van der Waals surface area (Å²) in [6.45, 7) is 1.90. The van der Waals surface area contributed by atoms with Gasteiger partial charge in [0.15, 0.2) is 0 Å². The van der Waals surface area contributed by atoms with Gasteiger partial charge < -0.3 is 0 Å². The Balaban J connectivity index is 2.28. The van der Waals surface area contributed by atoms with Crippen LogP contribution < -0.4 is 0 Å². The van der Waals surface area contributed by atoms with Crippen LogP contribution in [0.1, 0.15) is 11.3 Å². The number of pyridine rings is 1. The van der Waals surface area contributed by atoms with E-state index in [1.165, 1.54) is 6.21 Å². The van der Waals surface area contributed by atoms with Crippen LogP contribution in [0.25, 0.3) is 0 Å². The number of sulfonamides is 1. The molecule has 0 saturated carbocycles. The van der Waals surface area contributed by atoms with E-state index in [1.807, 2.05) is 6.92 Å². The van der Waals surface area contributed by atoms with E-state index in [0.29, 0.717) is 5.69 Å². The molecule has 0 aliphatic carbocycles. The van der Waals surface area contributed by atoms with Crippen LogP contribution in [0.3, 0.4) is 0 Å². The van der Waals surface area contributed by atoms with Crippen molar-refractivity contribution in [2.45, 2.75) is 11.8 Å². The third-order valence-corrected chi connectivity index (χ3v) is 3.58. The van der Waals surface area contributed by atoms with Gasteiger partial charge in [-0.25, -0.2) is 0 Å². The van der Waals surface area contributed by atoms with Crippen LogP contribution in [0.5, 0.6) is 0 Å². The van der Waals surface area contributed by atoms with Gasteiger partial charge in [-0.1, -0.05) is 23.8 Å². The summed E-state index contributed by atoms with van der Waals surface area (Å²) in [6.07, 6.45) is 2.83. The third kappa shape index (κ3) is 3.01. The maximum Gasteiger partial charge on any atom is 0.282 e. The van der Waals surface area contributed by atoms with Gasteiger partial charge in [0.1, 0.15) is 0 Å². The second kappa shape index (κ2) is 5.10. The smallest absolute Gasteiger partial charge is 0.255 e. The first-order chi connectivity index (χ1) is 8.58. The van der Waals surface area contributed by atoms with E-state index in [4.69, 9.17) is 0 Å². The average molecular weight is 260 g/mol. The van der Waals surface area contributed by atoms with Crippen molar-refractivity contribution in [3.63, 3.8) is 0 Å². The lowest BCUT2D eigenvalue weighted by atomic mass is 10.2. The molecule has 0 aliphatic rings. The molecule has 0 atom stereocenters. The van der Waals surface area contributed by atoms with Crippen molar-refractivity contribution in [3.05, 3.63) is 59.9 Å². The zero-order valence-electron chi connectivity index (χ0n) is 9.82. The summed E-state index contributed by atoms with van der Waals surface area (Å²) in [6, 6.07) is 11.8. The van der Waals surface area contributed by atoms with E-state index in [-0.39, 0.29) is 4.90 Å². The summed E-state index contributed by atoms with van der Waals surface area (Å²) in [5.74, 6) is 0. The number of benzene rings is 1. The van der Waals surface area contributed by atoms with E-state index in [0.717, 1.165) is 5.56 Å². The lowest BCUT2D eigenvalue weighted by molar-refractivity contribution is 0.598. The highest BCUT2D eigenvalue weighted by atomic mass is 32.2. The molecule has 0 amide bonds. The molecule has 1 aromatic carbocycles. The molecule has 0 spiro atoms. The normalized spacial score (nSPS) is 11.8. The van der Waals surface area contributed by atoms with E-state index in [9.17, 15) is 8.42 Å². The summed E-state index contributed by atoms with van der Waals surface area (Å²) < 4.78 is 27.4. The lowest BCUT2D eigenvalue weighted by Crippen LogP contribution is -1.98. The van der Waals surface area contributed by atoms with Crippen molar-refractivity contribution in [1.29, 1.82) is 0 Å². The second-order valence-electron chi connectivity index (χ2n) is 3.78. The molecule has 5 heteroatoms. The number of hydrogen-bond donors (Lipinski definition) is 0. The first-order valence-electron chi connectivity index (χ1n) is 5.36. The summed E-state index contributed by atoms with van der Waals surface area (Å²) in [5.41, 5.74) is 1.51. The molecule has 0 fully saturated rings. The van der Waals surface area contributed by atoms with Gasteiger partial charge >= 0.3 is 0 Å². The third-order valence-electron chi connectivity index (χ3n) is 2.33. The Kier molecular flexibility index (Phi) is 3.53. The van der Waals surface area contributed by atoms with Crippen molar-refractivity contribution in [2.24, 2.45) is 4.40 Å². The molecule has 0 aliphatic heterocycles. The molecule has 0 bridgehead atoms. The molecule has 4 nitrogen and oxygen atoms in total. The average Bonchev–Trinajstić information content (AvgIpc) is 2.38. The van der Waals surface area contributed by atoms with E-state index < -0.39 is 10.0 Å². The lowest BCUT2D eigenvalue weighted by Gasteiger charge is -1.98. The molecule has 92 valence electrons. The number of rotatable bonds is 3. The van der Waals surface area contributed by atoms with Crippen LogP contribution in [0, 0.1) is 6.92 Å². The predicted molar refractivity (Wildman–Crippen MR) is 70.2 cm³/mol. The Morgan fingerprint density at radius 3 is 2.44 bits per heavy atom. The summed E-state index contributed by atoms with van der Waals surface area (Å²) >= 11 is 0. The van der Waals surface area contributed by atoms with E-state index >= 15 is 0 Å². The highest BCUT2D eigenvalue weighted by molar-refractivity contribution is 7.90. The van der Waals surface area contributed by atoms with Crippen LogP contribution in [-0.2, 0) is 10.0 Å². The number of aromatic nitrogens is 1. The van der Waals surface area contributed by atoms with E-state index in [1.54, 1.807) is 48.7 Å². The topological polar surface area (TPSA) is 59.4 Å². The highest BCUT2D eigenvalue weighted by Gasteiger charge is 2.10. The largest absolute Gasteiger partial charge is 0.282 e. The van der Waals surface area contributed by atoms with Crippen LogP contribution in [0.15, 0.2) is 58.0 Å². The SMILES string of the molecule is Cc1ccc(S(=O)(=O)/N=C\c2ccccn2)cc1. The molecule has 0 unspecified atom stereocenters. The zero-order chi connectivity index (χ0) is 13.0. The van der Waals surface area contributed by atoms with Crippen molar-refractivity contribution in [1.82, 2.24) is 4.98 Å². The van der Waals surface area contributed by atoms with Crippen LogP contribution in [-0.4, -0.2) is 19.6 Å². The van der Waals surface area contributed by atoms with Crippen molar-refractivity contribution >= 4 is 16.2 Å². The Labute approximate surface area is 106 Å². The van der Waals surface area contributed by atoms with Crippen molar-refractivity contribution in [2.75, 3.05) is 0 Å². The van der Waals surface area contributed by atoms with Gasteiger partial charge in [0.05, 0.1) is 16.8 Å². The van der Waals surface area contributed by atoms with Crippen molar-refractivity contribution in [3.8, 4) is 0 Å². The number of hydrogen-bond acceptors (Lipinski definition) is 3. The fourth-order valence-corrected chi connectivity index (χ4v) is 2.20. The zero-order valence-corrected chi connectivity index (χ0v) is 10.6.